The Balaban J connectivity index is 2.57. The Morgan fingerprint density at radius 1 is 1.89 bits per heavy atom. The van der Waals surface area contributed by atoms with Crippen LogP contribution in [0.15, 0.2) is 4.99 Å². The second-order valence-electron chi connectivity index (χ2n) is 1.56. The summed E-state index contributed by atoms with van der Waals surface area (Å²) in [5.74, 6) is -1.03. The van der Waals surface area contributed by atoms with Gasteiger partial charge < -0.3 is 9.84 Å². The SMILES string of the molecule is O=C(O)C1=NCCO[CH]1. The van der Waals surface area contributed by atoms with E-state index in [4.69, 9.17) is 9.84 Å². The van der Waals surface area contributed by atoms with Crippen molar-refractivity contribution in [3.63, 3.8) is 0 Å². The summed E-state index contributed by atoms with van der Waals surface area (Å²) in [7, 11) is 0. The molecule has 1 aliphatic heterocycles. The van der Waals surface area contributed by atoms with Crippen LogP contribution >= 0.6 is 0 Å². The lowest BCUT2D eigenvalue weighted by molar-refractivity contribution is -0.129. The van der Waals surface area contributed by atoms with Gasteiger partial charge in [-0.15, -0.1) is 0 Å². The van der Waals surface area contributed by atoms with Crippen LogP contribution in [0.2, 0.25) is 0 Å². The van der Waals surface area contributed by atoms with E-state index in [0.29, 0.717) is 13.2 Å². The molecule has 0 spiro atoms. The molecule has 0 aromatic carbocycles. The van der Waals surface area contributed by atoms with Crippen molar-refractivity contribution in [2.75, 3.05) is 13.2 Å². The van der Waals surface area contributed by atoms with Gasteiger partial charge in [0.25, 0.3) is 0 Å². The summed E-state index contributed by atoms with van der Waals surface area (Å²) in [6.45, 7) is 2.08. The molecule has 0 amide bonds. The quantitative estimate of drug-likeness (QED) is 0.527. The third kappa shape index (κ3) is 1.50. The molecule has 0 aromatic rings. The highest BCUT2D eigenvalue weighted by Gasteiger charge is 2.12. The minimum absolute atomic E-state index is 0.00116. The van der Waals surface area contributed by atoms with Gasteiger partial charge in [-0.1, -0.05) is 0 Å². The van der Waals surface area contributed by atoms with Gasteiger partial charge in [-0.25, -0.2) is 4.79 Å². The lowest BCUT2D eigenvalue weighted by Gasteiger charge is -2.06. The van der Waals surface area contributed by atoms with Crippen molar-refractivity contribution in [1.82, 2.24) is 0 Å². The van der Waals surface area contributed by atoms with Crippen LogP contribution in [0, 0.1) is 6.61 Å². The Kier molecular flexibility index (Phi) is 1.79. The summed E-state index contributed by atoms with van der Waals surface area (Å²) in [6.07, 6.45) is 0. The maximum atomic E-state index is 10.1. The number of hydrogen-bond donors (Lipinski definition) is 1. The molecule has 1 rings (SSSR count). The Labute approximate surface area is 52.2 Å². The van der Waals surface area contributed by atoms with Crippen molar-refractivity contribution in [2.45, 2.75) is 0 Å². The number of ether oxygens (including phenoxy) is 1. The summed E-state index contributed by atoms with van der Waals surface area (Å²) >= 11 is 0. The average Bonchev–Trinajstić information content (AvgIpc) is 1.90. The van der Waals surface area contributed by atoms with Gasteiger partial charge in [0.2, 0.25) is 0 Å². The monoisotopic (exact) mass is 128 g/mol. The van der Waals surface area contributed by atoms with Gasteiger partial charge in [-0.2, -0.15) is 0 Å². The third-order valence-electron chi connectivity index (χ3n) is 0.905. The highest BCUT2D eigenvalue weighted by Crippen LogP contribution is 1.95. The first kappa shape index (κ1) is 6.22. The number of rotatable bonds is 1. The minimum Gasteiger partial charge on any atom is -0.477 e. The number of carboxylic acids is 1. The topological polar surface area (TPSA) is 58.9 Å². The second kappa shape index (κ2) is 2.59. The minimum atomic E-state index is -1.03. The highest BCUT2D eigenvalue weighted by atomic mass is 16.5. The van der Waals surface area contributed by atoms with E-state index in [1.807, 2.05) is 0 Å². The van der Waals surface area contributed by atoms with Crippen molar-refractivity contribution in [3.05, 3.63) is 6.61 Å². The average molecular weight is 128 g/mol. The molecule has 0 atom stereocenters. The predicted octanol–water partition coefficient (Wildman–Crippen LogP) is -0.296. The summed E-state index contributed by atoms with van der Waals surface area (Å²) < 4.78 is 4.71. The molecular weight excluding hydrogens is 122 g/mol. The van der Waals surface area contributed by atoms with E-state index in [1.54, 1.807) is 0 Å². The van der Waals surface area contributed by atoms with Gasteiger partial charge in [-0.3, -0.25) is 4.99 Å². The van der Waals surface area contributed by atoms with E-state index in [2.05, 4.69) is 4.99 Å². The molecule has 4 nitrogen and oxygen atoms in total. The first-order valence-corrected chi connectivity index (χ1v) is 2.53. The molecule has 0 saturated heterocycles. The number of nitrogens with zero attached hydrogens (tertiary/aromatic N) is 1. The number of carboxylic acid groups (broad SMARTS) is 1. The second-order valence-corrected chi connectivity index (χ2v) is 1.56. The predicted molar refractivity (Wildman–Crippen MR) is 30.2 cm³/mol. The standard InChI is InChI=1S/C5H6NO3/c7-5(8)4-3-9-2-1-6-4/h3H,1-2H2,(H,7,8). The molecule has 0 fully saturated rings. The zero-order chi connectivity index (χ0) is 6.69. The third-order valence-corrected chi connectivity index (χ3v) is 0.905. The van der Waals surface area contributed by atoms with Gasteiger partial charge >= 0.3 is 5.97 Å². The fourth-order valence-corrected chi connectivity index (χ4v) is 0.512. The van der Waals surface area contributed by atoms with E-state index in [9.17, 15) is 4.79 Å². The normalized spacial score (nSPS) is 18.9. The summed E-state index contributed by atoms with van der Waals surface area (Å²) in [5, 5.41) is 8.30. The van der Waals surface area contributed by atoms with Crippen LogP contribution in [-0.2, 0) is 9.53 Å². The molecular formula is C5H6NO3. The number of aliphatic imine (C=N–C) groups is 1. The molecule has 1 aliphatic rings. The largest absolute Gasteiger partial charge is 0.477 e. The van der Waals surface area contributed by atoms with E-state index >= 15 is 0 Å². The first-order chi connectivity index (χ1) is 4.30. The highest BCUT2D eigenvalue weighted by molar-refractivity contribution is 6.38. The van der Waals surface area contributed by atoms with Crippen molar-refractivity contribution >= 4 is 11.7 Å². The van der Waals surface area contributed by atoms with Crippen LogP contribution < -0.4 is 0 Å². The van der Waals surface area contributed by atoms with Crippen LogP contribution in [-0.4, -0.2) is 29.9 Å². The van der Waals surface area contributed by atoms with Gasteiger partial charge in [0.05, 0.1) is 13.2 Å². The van der Waals surface area contributed by atoms with Crippen molar-refractivity contribution in [1.29, 1.82) is 0 Å². The molecule has 0 saturated carbocycles. The smallest absolute Gasteiger partial charge is 0.352 e. The zero-order valence-corrected chi connectivity index (χ0v) is 4.70. The molecule has 0 aromatic heterocycles. The van der Waals surface area contributed by atoms with Crippen LogP contribution in [0.1, 0.15) is 0 Å². The maximum Gasteiger partial charge on any atom is 0.352 e. The Bertz CT molecular complexity index is 152. The van der Waals surface area contributed by atoms with Crippen molar-refractivity contribution in [2.24, 2.45) is 4.99 Å². The molecule has 9 heavy (non-hydrogen) atoms. The Morgan fingerprint density at radius 2 is 2.67 bits per heavy atom. The first-order valence-electron chi connectivity index (χ1n) is 2.53. The molecule has 49 valence electrons. The van der Waals surface area contributed by atoms with E-state index in [1.165, 1.54) is 0 Å². The summed E-state index contributed by atoms with van der Waals surface area (Å²) in [6, 6.07) is 0. The molecule has 1 N–H and O–H groups in total. The van der Waals surface area contributed by atoms with Gasteiger partial charge in [-0.05, 0) is 0 Å². The lowest BCUT2D eigenvalue weighted by Crippen LogP contribution is -2.20. The number of hydrogen-bond acceptors (Lipinski definition) is 3. The van der Waals surface area contributed by atoms with E-state index in [0.717, 1.165) is 6.61 Å². The number of aliphatic carboxylic acids is 1. The van der Waals surface area contributed by atoms with Crippen LogP contribution in [0.25, 0.3) is 0 Å². The molecule has 0 aliphatic carbocycles. The Hall–Kier alpha value is -0.900. The summed E-state index contributed by atoms with van der Waals surface area (Å²) in [5.41, 5.74) is 0.00116. The van der Waals surface area contributed by atoms with Crippen molar-refractivity contribution < 1.29 is 14.6 Å². The van der Waals surface area contributed by atoms with Gasteiger partial charge in [0, 0.05) is 0 Å². The number of carbonyl (C=O) groups is 1. The fourth-order valence-electron chi connectivity index (χ4n) is 0.512. The molecule has 0 bridgehead atoms. The van der Waals surface area contributed by atoms with Crippen LogP contribution in [0.3, 0.4) is 0 Å². The van der Waals surface area contributed by atoms with Gasteiger partial charge in [0.15, 0.2) is 5.71 Å². The van der Waals surface area contributed by atoms with Crippen LogP contribution in [0.5, 0.6) is 0 Å². The maximum absolute atomic E-state index is 10.1. The molecule has 4 heteroatoms. The molecule has 1 radical (unpaired) electrons. The van der Waals surface area contributed by atoms with Crippen LogP contribution in [0.4, 0.5) is 0 Å². The van der Waals surface area contributed by atoms with Gasteiger partial charge in [0.1, 0.15) is 6.61 Å². The van der Waals surface area contributed by atoms with Crippen molar-refractivity contribution in [3.8, 4) is 0 Å². The van der Waals surface area contributed by atoms with E-state index < -0.39 is 5.97 Å². The summed E-state index contributed by atoms with van der Waals surface area (Å²) in [4.78, 5) is 13.8. The molecule has 1 heterocycles. The fraction of sp³-hybridized carbons (Fsp3) is 0.400. The van der Waals surface area contributed by atoms with E-state index in [-0.39, 0.29) is 5.71 Å². The lowest BCUT2D eigenvalue weighted by atomic mass is 10.4. The molecule has 0 unspecified atom stereocenters. The zero-order valence-electron chi connectivity index (χ0n) is 4.70. The Morgan fingerprint density at radius 3 is 3.00 bits per heavy atom.